The van der Waals surface area contributed by atoms with Crippen molar-refractivity contribution in [2.45, 2.75) is 50.9 Å². The number of carbonyl (C=O) groups excluding carboxylic acids is 2. The summed E-state index contributed by atoms with van der Waals surface area (Å²) < 4.78 is 5.11. The van der Waals surface area contributed by atoms with Crippen molar-refractivity contribution in [1.82, 2.24) is 19.8 Å². The van der Waals surface area contributed by atoms with Crippen LogP contribution in [0.2, 0.25) is 0 Å². The van der Waals surface area contributed by atoms with Crippen LogP contribution in [0.1, 0.15) is 62.4 Å². The Morgan fingerprint density at radius 1 is 1.28 bits per heavy atom. The van der Waals surface area contributed by atoms with Crippen molar-refractivity contribution in [3.63, 3.8) is 0 Å². The van der Waals surface area contributed by atoms with Crippen LogP contribution >= 0.6 is 0 Å². The Hall–Kier alpha value is -2.22. The summed E-state index contributed by atoms with van der Waals surface area (Å²) in [6.07, 6.45) is 3.75. The minimum Gasteiger partial charge on any atom is -0.383 e. The number of amides is 2. The normalized spacial score (nSPS) is 20.4. The number of carbonyl (C=O) groups is 2. The number of hydrogen-bond donors (Lipinski definition) is 1. The Morgan fingerprint density at radius 3 is 2.69 bits per heavy atom. The van der Waals surface area contributed by atoms with Gasteiger partial charge in [0, 0.05) is 71.1 Å². The molecule has 2 aliphatic rings. The SMILES string of the molecule is CCCC(=O)N1CCC(c2nc(NC)cc([C@H]3CC(=O)N(CCOC)C3)n2)CC1. The molecule has 1 aromatic rings. The van der Waals surface area contributed by atoms with E-state index < -0.39 is 0 Å². The number of ether oxygens (including phenoxy) is 1. The number of piperidine rings is 1. The molecule has 0 aliphatic carbocycles. The van der Waals surface area contributed by atoms with Gasteiger partial charge in [-0.15, -0.1) is 0 Å². The van der Waals surface area contributed by atoms with E-state index in [4.69, 9.17) is 14.7 Å². The van der Waals surface area contributed by atoms with Gasteiger partial charge in [0.25, 0.3) is 0 Å². The van der Waals surface area contributed by atoms with E-state index in [1.54, 1.807) is 7.11 Å². The Balaban J connectivity index is 1.70. The van der Waals surface area contributed by atoms with Crippen molar-refractivity contribution in [1.29, 1.82) is 0 Å². The van der Waals surface area contributed by atoms with Gasteiger partial charge in [-0.3, -0.25) is 9.59 Å². The third-order valence-electron chi connectivity index (χ3n) is 5.89. The first-order valence-electron chi connectivity index (χ1n) is 10.7. The van der Waals surface area contributed by atoms with Crippen molar-refractivity contribution in [2.75, 3.05) is 52.3 Å². The number of methoxy groups -OCH3 is 1. The van der Waals surface area contributed by atoms with Gasteiger partial charge in [0.2, 0.25) is 11.8 Å². The number of likely N-dealkylation sites (tertiary alicyclic amines) is 2. The maximum Gasteiger partial charge on any atom is 0.223 e. The molecule has 0 saturated carbocycles. The largest absolute Gasteiger partial charge is 0.383 e. The van der Waals surface area contributed by atoms with Gasteiger partial charge < -0.3 is 19.9 Å². The van der Waals surface area contributed by atoms with E-state index in [9.17, 15) is 9.59 Å². The number of aromatic nitrogens is 2. The van der Waals surface area contributed by atoms with Crippen LogP contribution < -0.4 is 5.32 Å². The molecule has 2 saturated heterocycles. The minimum absolute atomic E-state index is 0.0828. The molecule has 3 rings (SSSR count). The molecule has 8 nitrogen and oxygen atoms in total. The van der Waals surface area contributed by atoms with Crippen molar-refractivity contribution in [3.05, 3.63) is 17.6 Å². The third kappa shape index (κ3) is 5.23. The van der Waals surface area contributed by atoms with E-state index >= 15 is 0 Å². The van der Waals surface area contributed by atoms with Gasteiger partial charge in [0.05, 0.1) is 12.3 Å². The molecule has 2 aliphatic heterocycles. The summed E-state index contributed by atoms with van der Waals surface area (Å²) >= 11 is 0. The first-order valence-corrected chi connectivity index (χ1v) is 10.7. The Labute approximate surface area is 173 Å². The second kappa shape index (κ2) is 10.0. The number of nitrogens with zero attached hydrogens (tertiary/aromatic N) is 4. The lowest BCUT2D eigenvalue weighted by Crippen LogP contribution is -2.38. The lowest BCUT2D eigenvalue weighted by Gasteiger charge is -2.31. The highest BCUT2D eigenvalue weighted by Crippen LogP contribution is 2.31. The minimum atomic E-state index is 0.0828. The smallest absolute Gasteiger partial charge is 0.223 e. The van der Waals surface area contributed by atoms with Crippen LogP contribution in [0.5, 0.6) is 0 Å². The molecule has 2 fully saturated rings. The van der Waals surface area contributed by atoms with Crippen LogP contribution in [0.25, 0.3) is 0 Å². The number of rotatable bonds is 8. The van der Waals surface area contributed by atoms with Gasteiger partial charge in [0.1, 0.15) is 11.6 Å². The van der Waals surface area contributed by atoms with Gasteiger partial charge in [-0.25, -0.2) is 9.97 Å². The fourth-order valence-corrected chi connectivity index (χ4v) is 4.15. The molecule has 160 valence electrons. The monoisotopic (exact) mass is 403 g/mol. The van der Waals surface area contributed by atoms with E-state index in [0.717, 1.165) is 49.7 Å². The van der Waals surface area contributed by atoms with Crippen LogP contribution in [-0.2, 0) is 14.3 Å². The zero-order valence-electron chi connectivity index (χ0n) is 17.8. The highest BCUT2D eigenvalue weighted by atomic mass is 16.5. The highest BCUT2D eigenvalue weighted by Gasteiger charge is 2.33. The summed E-state index contributed by atoms with van der Waals surface area (Å²) in [5, 5.41) is 3.14. The molecule has 0 radical (unpaired) electrons. The van der Waals surface area contributed by atoms with E-state index in [-0.39, 0.29) is 23.7 Å². The van der Waals surface area contributed by atoms with Gasteiger partial charge in [-0.05, 0) is 19.3 Å². The van der Waals surface area contributed by atoms with Crippen molar-refractivity contribution < 1.29 is 14.3 Å². The maximum absolute atomic E-state index is 12.3. The van der Waals surface area contributed by atoms with Crippen LogP contribution in [0.3, 0.4) is 0 Å². The van der Waals surface area contributed by atoms with Crippen LogP contribution in [0.4, 0.5) is 5.82 Å². The fourth-order valence-electron chi connectivity index (χ4n) is 4.15. The summed E-state index contributed by atoms with van der Waals surface area (Å²) in [4.78, 5) is 37.9. The average molecular weight is 404 g/mol. The van der Waals surface area contributed by atoms with Crippen LogP contribution in [0.15, 0.2) is 6.07 Å². The molecule has 8 heteroatoms. The molecular weight excluding hydrogens is 370 g/mol. The summed E-state index contributed by atoms with van der Waals surface area (Å²) in [6, 6.07) is 1.96. The second-order valence-corrected chi connectivity index (χ2v) is 7.92. The Bertz CT molecular complexity index is 718. The zero-order chi connectivity index (χ0) is 20.8. The number of nitrogens with one attached hydrogen (secondary N) is 1. The fraction of sp³-hybridized carbons (Fsp3) is 0.714. The molecule has 1 N–H and O–H groups in total. The molecule has 1 atom stereocenters. The molecule has 29 heavy (non-hydrogen) atoms. The predicted octanol–water partition coefficient (Wildman–Crippen LogP) is 1.99. The Morgan fingerprint density at radius 2 is 2.03 bits per heavy atom. The number of hydrogen-bond acceptors (Lipinski definition) is 6. The molecule has 2 amide bonds. The second-order valence-electron chi connectivity index (χ2n) is 7.92. The number of anilines is 1. The van der Waals surface area contributed by atoms with Gasteiger partial charge in [-0.2, -0.15) is 0 Å². The summed E-state index contributed by atoms with van der Waals surface area (Å²) in [5.74, 6) is 2.35. The molecule has 0 unspecified atom stereocenters. The first-order chi connectivity index (χ1) is 14.0. The van der Waals surface area contributed by atoms with Gasteiger partial charge in [-0.1, -0.05) is 6.92 Å². The average Bonchev–Trinajstić information content (AvgIpc) is 3.12. The van der Waals surface area contributed by atoms with E-state index in [2.05, 4.69) is 5.32 Å². The summed E-state index contributed by atoms with van der Waals surface area (Å²) in [5.41, 5.74) is 0.928. The zero-order valence-corrected chi connectivity index (χ0v) is 17.8. The van der Waals surface area contributed by atoms with Crippen LogP contribution in [-0.4, -0.2) is 78.5 Å². The summed E-state index contributed by atoms with van der Waals surface area (Å²) in [6.45, 7) is 5.40. The van der Waals surface area contributed by atoms with Crippen molar-refractivity contribution in [3.8, 4) is 0 Å². The van der Waals surface area contributed by atoms with E-state index in [1.165, 1.54) is 0 Å². The predicted molar refractivity (Wildman–Crippen MR) is 111 cm³/mol. The maximum atomic E-state index is 12.3. The van der Waals surface area contributed by atoms with Crippen molar-refractivity contribution >= 4 is 17.6 Å². The topological polar surface area (TPSA) is 87.7 Å². The third-order valence-corrected chi connectivity index (χ3v) is 5.89. The Kier molecular flexibility index (Phi) is 7.41. The summed E-state index contributed by atoms with van der Waals surface area (Å²) in [7, 11) is 3.50. The van der Waals surface area contributed by atoms with Crippen LogP contribution in [0, 0.1) is 0 Å². The molecular formula is C21H33N5O3. The van der Waals surface area contributed by atoms with E-state index in [0.29, 0.717) is 32.5 Å². The van der Waals surface area contributed by atoms with Gasteiger partial charge in [0.15, 0.2) is 0 Å². The lowest BCUT2D eigenvalue weighted by atomic mass is 9.95. The standard InChI is InChI=1S/C21H33N5O3/c1-4-5-19(27)25-8-6-15(7-9-25)21-23-17(13-18(22-2)24-21)16-12-20(28)26(14-16)10-11-29-3/h13,15-16H,4-12,14H2,1-3H3,(H,22,23,24)/t16-/m0/s1. The highest BCUT2D eigenvalue weighted by molar-refractivity contribution is 5.79. The lowest BCUT2D eigenvalue weighted by molar-refractivity contribution is -0.132. The molecule has 3 heterocycles. The molecule has 0 bridgehead atoms. The van der Waals surface area contributed by atoms with Crippen molar-refractivity contribution in [2.24, 2.45) is 0 Å². The first kappa shape index (κ1) is 21.5. The molecule has 0 spiro atoms. The van der Waals surface area contributed by atoms with Gasteiger partial charge >= 0.3 is 0 Å². The molecule has 0 aromatic carbocycles. The quantitative estimate of drug-likeness (QED) is 0.714. The van der Waals surface area contributed by atoms with E-state index in [1.807, 2.05) is 29.8 Å². The molecule has 1 aromatic heterocycles.